The first-order chi connectivity index (χ1) is 5.77. The van der Waals surface area contributed by atoms with E-state index in [1.807, 2.05) is 38.2 Å². The summed E-state index contributed by atoms with van der Waals surface area (Å²) in [5.74, 6) is 0. The third-order valence-corrected chi connectivity index (χ3v) is 1.95. The normalized spacial score (nSPS) is 12.6. The topological polar surface area (TPSA) is 32.3 Å². The van der Waals surface area contributed by atoms with Gasteiger partial charge in [-0.2, -0.15) is 0 Å². The standard InChI is InChI=1S/C10H15NO/c1-3-10(12)8-5-4-6-9(7-8)11-2/h4-7,10-12H,3H2,1-2H3/t10-/m0/s1. The average molecular weight is 165 g/mol. The molecule has 0 spiro atoms. The molecule has 0 unspecified atom stereocenters. The highest BCUT2D eigenvalue weighted by Crippen LogP contribution is 2.19. The van der Waals surface area contributed by atoms with E-state index in [9.17, 15) is 5.11 Å². The van der Waals surface area contributed by atoms with Gasteiger partial charge in [-0.1, -0.05) is 19.1 Å². The molecule has 0 saturated heterocycles. The van der Waals surface area contributed by atoms with Gasteiger partial charge in [-0.25, -0.2) is 0 Å². The summed E-state index contributed by atoms with van der Waals surface area (Å²) in [4.78, 5) is 0. The molecule has 0 aliphatic carbocycles. The quantitative estimate of drug-likeness (QED) is 0.719. The van der Waals surface area contributed by atoms with E-state index in [0.29, 0.717) is 0 Å². The molecule has 0 bridgehead atoms. The van der Waals surface area contributed by atoms with Crippen LogP contribution in [-0.2, 0) is 0 Å². The summed E-state index contributed by atoms with van der Waals surface area (Å²) in [6.07, 6.45) is 0.422. The molecule has 0 aliphatic heterocycles. The number of benzene rings is 1. The predicted molar refractivity (Wildman–Crippen MR) is 51.2 cm³/mol. The third-order valence-electron chi connectivity index (χ3n) is 1.95. The zero-order valence-corrected chi connectivity index (χ0v) is 7.54. The summed E-state index contributed by atoms with van der Waals surface area (Å²) in [6.45, 7) is 1.97. The zero-order valence-electron chi connectivity index (χ0n) is 7.54. The second-order valence-corrected chi connectivity index (χ2v) is 2.80. The fourth-order valence-corrected chi connectivity index (χ4v) is 1.14. The molecule has 0 fully saturated rings. The van der Waals surface area contributed by atoms with E-state index in [4.69, 9.17) is 0 Å². The maximum atomic E-state index is 9.52. The van der Waals surface area contributed by atoms with Gasteiger partial charge >= 0.3 is 0 Å². The van der Waals surface area contributed by atoms with Crippen LogP contribution < -0.4 is 5.32 Å². The van der Waals surface area contributed by atoms with Gasteiger partial charge in [0.25, 0.3) is 0 Å². The molecule has 0 aromatic heterocycles. The maximum absolute atomic E-state index is 9.52. The summed E-state index contributed by atoms with van der Waals surface area (Å²) in [5, 5.41) is 12.6. The van der Waals surface area contributed by atoms with Crippen molar-refractivity contribution < 1.29 is 5.11 Å². The molecule has 0 saturated carbocycles. The lowest BCUT2D eigenvalue weighted by molar-refractivity contribution is 0.174. The van der Waals surface area contributed by atoms with Gasteiger partial charge in [-0.05, 0) is 24.1 Å². The number of rotatable bonds is 3. The van der Waals surface area contributed by atoms with Crippen molar-refractivity contribution in [1.29, 1.82) is 0 Å². The van der Waals surface area contributed by atoms with Crippen LogP contribution in [0.1, 0.15) is 25.0 Å². The number of anilines is 1. The molecule has 66 valence electrons. The predicted octanol–water partition coefficient (Wildman–Crippen LogP) is 2.17. The van der Waals surface area contributed by atoms with Crippen LogP contribution in [0.15, 0.2) is 24.3 Å². The van der Waals surface area contributed by atoms with Crippen molar-refractivity contribution in [2.24, 2.45) is 0 Å². The molecule has 0 aliphatic rings. The van der Waals surface area contributed by atoms with Crippen LogP contribution in [-0.4, -0.2) is 12.2 Å². The highest BCUT2D eigenvalue weighted by molar-refractivity contribution is 5.45. The average Bonchev–Trinajstić information content (AvgIpc) is 2.17. The Morgan fingerprint density at radius 1 is 1.50 bits per heavy atom. The Kier molecular flexibility index (Phi) is 3.11. The van der Waals surface area contributed by atoms with Crippen molar-refractivity contribution in [3.63, 3.8) is 0 Å². The number of nitrogens with one attached hydrogen (secondary N) is 1. The Morgan fingerprint density at radius 3 is 2.83 bits per heavy atom. The van der Waals surface area contributed by atoms with Crippen LogP contribution in [0.3, 0.4) is 0 Å². The van der Waals surface area contributed by atoms with E-state index in [-0.39, 0.29) is 6.10 Å². The molecule has 1 rings (SSSR count). The second kappa shape index (κ2) is 4.12. The summed E-state index contributed by atoms with van der Waals surface area (Å²) in [5.41, 5.74) is 2.02. The second-order valence-electron chi connectivity index (χ2n) is 2.80. The first-order valence-corrected chi connectivity index (χ1v) is 4.23. The summed E-state index contributed by atoms with van der Waals surface area (Å²) >= 11 is 0. The minimum atomic E-state index is -0.335. The number of aliphatic hydroxyl groups is 1. The van der Waals surface area contributed by atoms with Gasteiger partial charge < -0.3 is 10.4 Å². The van der Waals surface area contributed by atoms with E-state index in [1.165, 1.54) is 0 Å². The molecule has 1 aromatic carbocycles. The number of hydrogen-bond donors (Lipinski definition) is 2. The minimum Gasteiger partial charge on any atom is -0.388 e. The molecule has 0 radical (unpaired) electrons. The van der Waals surface area contributed by atoms with Gasteiger partial charge in [0.2, 0.25) is 0 Å². The SMILES string of the molecule is CC[C@H](O)c1cccc(NC)c1. The molecule has 0 amide bonds. The first-order valence-electron chi connectivity index (χ1n) is 4.23. The monoisotopic (exact) mass is 165 g/mol. The lowest BCUT2D eigenvalue weighted by Crippen LogP contribution is -1.96. The van der Waals surface area contributed by atoms with Gasteiger partial charge in [0.1, 0.15) is 0 Å². The summed E-state index contributed by atoms with van der Waals surface area (Å²) in [7, 11) is 1.87. The van der Waals surface area contributed by atoms with Gasteiger partial charge in [-0.15, -0.1) is 0 Å². The van der Waals surface area contributed by atoms with Crippen LogP contribution >= 0.6 is 0 Å². The van der Waals surface area contributed by atoms with E-state index < -0.39 is 0 Å². The minimum absolute atomic E-state index is 0.335. The largest absolute Gasteiger partial charge is 0.388 e. The maximum Gasteiger partial charge on any atom is 0.0788 e. The Hall–Kier alpha value is -1.02. The first kappa shape index (κ1) is 9.07. The fraction of sp³-hybridized carbons (Fsp3) is 0.400. The number of aliphatic hydroxyl groups excluding tert-OH is 1. The van der Waals surface area contributed by atoms with Crippen LogP contribution in [0.4, 0.5) is 5.69 Å². The van der Waals surface area contributed by atoms with E-state index >= 15 is 0 Å². The summed E-state index contributed by atoms with van der Waals surface area (Å²) < 4.78 is 0. The molecular weight excluding hydrogens is 150 g/mol. The molecule has 2 N–H and O–H groups in total. The molecule has 1 aromatic rings. The van der Waals surface area contributed by atoms with Gasteiger partial charge in [-0.3, -0.25) is 0 Å². The smallest absolute Gasteiger partial charge is 0.0788 e. The Bertz CT molecular complexity index is 247. The van der Waals surface area contributed by atoms with E-state index in [0.717, 1.165) is 17.7 Å². The molecular formula is C10H15NO. The van der Waals surface area contributed by atoms with E-state index in [2.05, 4.69) is 5.32 Å². The Labute approximate surface area is 73.2 Å². The lowest BCUT2D eigenvalue weighted by Gasteiger charge is -2.09. The number of hydrogen-bond acceptors (Lipinski definition) is 2. The molecule has 0 heterocycles. The third kappa shape index (κ3) is 1.98. The molecule has 2 heteroatoms. The Balaban J connectivity index is 2.86. The van der Waals surface area contributed by atoms with Crippen LogP contribution in [0, 0.1) is 0 Å². The van der Waals surface area contributed by atoms with Crippen molar-refractivity contribution >= 4 is 5.69 Å². The van der Waals surface area contributed by atoms with E-state index in [1.54, 1.807) is 0 Å². The van der Waals surface area contributed by atoms with Crippen molar-refractivity contribution in [2.45, 2.75) is 19.4 Å². The van der Waals surface area contributed by atoms with Crippen molar-refractivity contribution in [3.05, 3.63) is 29.8 Å². The van der Waals surface area contributed by atoms with Gasteiger partial charge in [0, 0.05) is 12.7 Å². The summed E-state index contributed by atoms with van der Waals surface area (Å²) in [6, 6.07) is 7.83. The van der Waals surface area contributed by atoms with Gasteiger partial charge in [0.05, 0.1) is 6.10 Å². The Morgan fingerprint density at radius 2 is 2.25 bits per heavy atom. The molecule has 2 nitrogen and oxygen atoms in total. The highest BCUT2D eigenvalue weighted by atomic mass is 16.3. The van der Waals surface area contributed by atoms with Crippen LogP contribution in [0.2, 0.25) is 0 Å². The molecule has 1 atom stereocenters. The van der Waals surface area contributed by atoms with Crippen LogP contribution in [0.25, 0.3) is 0 Å². The van der Waals surface area contributed by atoms with Crippen molar-refractivity contribution in [1.82, 2.24) is 0 Å². The zero-order chi connectivity index (χ0) is 8.97. The lowest BCUT2D eigenvalue weighted by atomic mass is 10.1. The van der Waals surface area contributed by atoms with Crippen LogP contribution in [0.5, 0.6) is 0 Å². The van der Waals surface area contributed by atoms with Crippen molar-refractivity contribution in [3.8, 4) is 0 Å². The van der Waals surface area contributed by atoms with Crippen molar-refractivity contribution in [2.75, 3.05) is 12.4 Å². The van der Waals surface area contributed by atoms with Gasteiger partial charge in [0.15, 0.2) is 0 Å². The molecule has 12 heavy (non-hydrogen) atoms. The fourth-order valence-electron chi connectivity index (χ4n) is 1.14. The highest BCUT2D eigenvalue weighted by Gasteiger charge is 2.03.